The van der Waals surface area contributed by atoms with E-state index in [2.05, 4.69) is 9.97 Å². The van der Waals surface area contributed by atoms with Gasteiger partial charge in [0.2, 0.25) is 0 Å². The Labute approximate surface area is 253 Å². The average Bonchev–Trinajstić information content (AvgIpc) is 3.66. The van der Waals surface area contributed by atoms with Crippen LogP contribution in [-0.4, -0.2) is 35.2 Å². The van der Waals surface area contributed by atoms with Crippen LogP contribution in [0.1, 0.15) is 36.1 Å². The molecule has 1 saturated carbocycles. The van der Waals surface area contributed by atoms with E-state index < -0.39 is 35.8 Å². The Morgan fingerprint density at radius 3 is 2.65 bits per heavy atom. The monoisotopic (exact) mass is 626 g/mol. The van der Waals surface area contributed by atoms with Crippen LogP contribution < -0.4 is 4.74 Å². The zero-order valence-electron chi connectivity index (χ0n) is 23.2. The number of hydrogen-bond donors (Lipinski definition) is 1. The van der Waals surface area contributed by atoms with Crippen molar-refractivity contribution in [3.63, 3.8) is 0 Å². The predicted molar refractivity (Wildman–Crippen MR) is 159 cm³/mol. The Balaban J connectivity index is 1.33. The Morgan fingerprint density at radius 1 is 1.09 bits per heavy atom. The Bertz CT molecular complexity index is 1830. The number of thioether (sulfide) groups is 1. The zero-order chi connectivity index (χ0) is 30.4. The lowest BCUT2D eigenvalue weighted by Gasteiger charge is -2.47. The fourth-order valence-electron chi connectivity index (χ4n) is 5.62. The van der Waals surface area contributed by atoms with Crippen molar-refractivity contribution in [1.82, 2.24) is 9.97 Å². The highest BCUT2D eigenvalue weighted by atomic mass is 32.2. The molecule has 1 fully saturated rings. The molecule has 43 heavy (non-hydrogen) atoms. The lowest BCUT2D eigenvalue weighted by Crippen LogP contribution is -2.50. The van der Waals surface area contributed by atoms with Gasteiger partial charge in [-0.05, 0) is 48.1 Å². The number of carbonyl (C=O) groups excluding carboxylic acids is 1. The fraction of sp³-hybridized carbons (Fsp3) is 0.250. The number of benzene rings is 3. The van der Waals surface area contributed by atoms with Crippen LogP contribution in [0.4, 0.5) is 17.6 Å². The molecule has 0 aliphatic heterocycles. The molecule has 0 atom stereocenters. The van der Waals surface area contributed by atoms with E-state index in [4.69, 9.17) is 9.47 Å². The van der Waals surface area contributed by atoms with Crippen LogP contribution in [0, 0.1) is 11.6 Å². The third-order valence-corrected chi connectivity index (χ3v) is 9.44. The van der Waals surface area contributed by atoms with Gasteiger partial charge in [0.05, 0.1) is 17.7 Å². The van der Waals surface area contributed by atoms with Crippen molar-refractivity contribution in [2.75, 3.05) is 13.4 Å². The molecule has 1 aliphatic carbocycles. The SMILES string of the molecule is COC(=O)CCc1cccc(C2(c3csc(-c4cc(Oc5c(F)cc6[nH]ccc6c5SC)ccc4F)n3)CC(F)(F)C2)c1. The molecular formula is C32H26F4N2O3S2. The molecule has 3 aromatic carbocycles. The van der Waals surface area contributed by atoms with Crippen molar-refractivity contribution in [2.24, 2.45) is 0 Å². The first kappa shape index (κ1) is 29.3. The summed E-state index contributed by atoms with van der Waals surface area (Å²) in [6.45, 7) is 0. The second-order valence-corrected chi connectivity index (χ2v) is 12.2. The first-order chi connectivity index (χ1) is 20.6. The molecule has 0 bridgehead atoms. The quantitative estimate of drug-likeness (QED) is 0.101. The minimum atomic E-state index is -2.87. The summed E-state index contributed by atoms with van der Waals surface area (Å²) in [7, 11) is 1.32. The molecule has 0 spiro atoms. The number of ether oxygens (including phenoxy) is 2. The summed E-state index contributed by atoms with van der Waals surface area (Å²) in [4.78, 5) is 19.9. The number of methoxy groups -OCH3 is 1. The number of thiazole rings is 1. The third kappa shape index (κ3) is 5.51. The molecule has 0 saturated heterocycles. The smallest absolute Gasteiger partial charge is 0.305 e. The normalized spacial score (nSPS) is 15.3. The van der Waals surface area contributed by atoms with E-state index in [1.54, 1.807) is 23.7 Å². The molecule has 1 N–H and O–H groups in total. The highest BCUT2D eigenvalue weighted by molar-refractivity contribution is 7.99. The Kier molecular flexibility index (Phi) is 7.72. The number of nitrogens with one attached hydrogen (secondary N) is 1. The lowest BCUT2D eigenvalue weighted by atomic mass is 9.60. The number of aryl methyl sites for hydroxylation is 1. The van der Waals surface area contributed by atoms with E-state index in [0.717, 1.165) is 22.3 Å². The summed E-state index contributed by atoms with van der Waals surface area (Å²) in [5.41, 5.74) is 1.59. The highest BCUT2D eigenvalue weighted by Gasteiger charge is 2.59. The number of halogens is 4. The number of esters is 1. The van der Waals surface area contributed by atoms with Crippen molar-refractivity contribution in [3.05, 3.63) is 94.6 Å². The highest BCUT2D eigenvalue weighted by Crippen LogP contribution is 2.57. The number of aromatic nitrogens is 2. The van der Waals surface area contributed by atoms with Crippen molar-refractivity contribution in [2.45, 2.75) is 41.9 Å². The standard InChI is InChI=1S/C32H26F4N2O3S2/c1-40-27(39)9-6-18-4-3-5-19(12-18)31(16-32(35,36)17-31)26-15-43-30(38-26)22-13-20(7-8-23(22)33)41-28-24(34)14-25-21(10-11-37-25)29(28)42-2/h3-5,7-8,10-15,37H,6,9,16-17H2,1-2H3. The van der Waals surface area contributed by atoms with E-state index in [-0.39, 0.29) is 29.5 Å². The maximum absolute atomic E-state index is 15.1. The van der Waals surface area contributed by atoms with Crippen LogP contribution in [-0.2, 0) is 21.4 Å². The molecule has 2 aromatic heterocycles. The Hall–Kier alpha value is -3.83. The number of rotatable bonds is 9. The number of fused-ring (bicyclic) bond motifs is 1. The minimum absolute atomic E-state index is 0.0275. The van der Waals surface area contributed by atoms with Crippen LogP contribution in [0.5, 0.6) is 11.5 Å². The van der Waals surface area contributed by atoms with Crippen LogP contribution in [0.25, 0.3) is 21.5 Å². The maximum Gasteiger partial charge on any atom is 0.305 e. The number of aromatic amines is 1. The first-order valence-electron chi connectivity index (χ1n) is 13.4. The van der Waals surface area contributed by atoms with Crippen molar-refractivity contribution in [3.8, 4) is 22.1 Å². The van der Waals surface area contributed by atoms with Gasteiger partial charge in [-0.1, -0.05) is 24.3 Å². The van der Waals surface area contributed by atoms with Gasteiger partial charge in [-0.25, -0.2) is 22.5 Å². The topological polar surface area (TPSA) is 64.2 Å². The number of carbonyl (C=O) groups is 1. The molecule has 5 nitrogen and oxygen atoms in total. The van der Waals surface area contributed by atoms with Crippen molar-refractivity contribution < 1.29 is 31.8 Å². The molecule has 0 radical (unpaired) electrons. The van der Waals surface area contributed by atoms with Crippen molar-refractivity contribution >= 4 is 40.0 Å². The van der Waals surface area contributed by atoms with E-state index in [1.165, 1.54) is 43.1 Å². The molecule has 2 heterocycles. The third-order valence-electron chi connectivity index (χ3n) is 7.75. The lowest BCUT2D eigenvalue weighted by molar-refractivity contribution is -0.140. The van der Waals surface area contributed by atoms with Crippen LogP contribution >= 0.6 is 23.1 Å². The first-order valence-corrected chi connectivity index (χ1v) is 15.5. The Morgan fingerprint density at radius 2 is 1.91 bits per heavy atom. The molecule has 11 heteroatoms. The summed E-state index contributed by atoms with van der Waals surface area (Å²) >= 11 is 2.48. The van der Waals surface area contributed by atoms with Gasteiger partial charge < -0.3 is 14.5 Å². The average molecular weight is 627 g/mol. The van der Waals surface area contributed by atoms with Gasteiger partial charge in [-0.3, -0.25) is 4.79 Å². The minimum Gasteiger partial charge on any atom is -0.469 e. The molecule has 0 amide bonds. The zero-order valence-corrected chi connectivity index (χ0v) is 24.8. The summed E-state index contributed by atoms with van der Waals surface area (Å²) in [5.74, 6) is -4.13. The van der Waals surface area contributed by atoms with Gasteiger partial charge in [0, 0.05) is 58.8 Å². The van der Waals surface area contributed by atoms with Crippen molar-refractivity contribution in [1.29, 1.82) is 0 Å². The van der Waals surface area contributed by atoms with Crippen LogP contribution in [0.2, 0.25) is 0 Å². The van der Waals surface area contributed by atoms with E-state index in [0.29, 0.717) is 33.1 Å². The van der Waals surface area contributed by atoms with Gasteiger partial charge in [-0.15, -0.1) is 23.1 Å². The van der Waals surface area contributed by atoms with E-state index in [9.17, 15) is 13.6 Å². The summed E-state index contributed by atoms with van der Waals surface area (Å²) in [5, 5.41) is 2.78. The van der Waals surface area contributed by atoms with E-state index in [1.807, 2.05) is 24.5 Å². The molecule has 1 aliphatic rings. The number of hydrogen-bond acceptors (Lipinski definition) is 6. The van der Waals surface area contributed by atoms with Crippen LogP contribution in [0.3, 0.4) is 0 Å². The summed E-state index contributed by atoms with van der Waals surface area (Å²) in [6, 6.07) is 14.5. The maximum atomic E-state index is 15.1. The van der Waals surface area contributed by atoms with E-state index >= 15 is 8.78 Å². The molecule has 5 aromatic rings. The van der Waals surface area contributed by atoms with Gasteiger partial charge in [-0.2, -0.15) is 0 Å². The number of nitrogens with zero attached hydrogens (tertiary/aromatic N) is 1. The molecule has 222 valence electrons. The number of H-pyrrole nitrogens is 1. The number of alkyl halides is 2. The van der Waals surface area contributed by atoms with Gasteiger partial charge in [0.1, 0.15) is 16.6 Å². The van der Waals surface area contributed by atoms with Gasteiger partial charge >= 0.3 is 5.97 Å². The second kappa shape index (κ2) is 11.3. The molecule has 0 unspecified atom stereocenters. The summed E-state index contributed by atoms with van der Waals surface area (Å²) < 4.78 is 69.7. The molecule has 6 rings (SSSR count). The van der Waals surface area contributed by atoms with Gasteiger partial charge in [0.15, 0.2) is 11.6 Å². The largest absolute Gasteiger partial charge is 0.469 e. The predicted octanol–water partition coefficient (Wildman–Crippen LogP) is 8.90. The van der Waals surface area contributed by atoms with Gasteiger partial charge in [0.25, 0.3) is 5.92 Å². The second-order valence-electron chi connectivity index (χ2n) is 10.5. The van der Waals surface area contributed by atoms with Crippen LogP contribution in [0.15, 0.2) is 71.1 Å². The fourth-order valence-corrected chi connectivity index (χ4v) is 7.28. The molecular weight excluding hydrogens is 600 g/mol. The summed E-state index contributed by atoms with van der Waals surface area (Å²) in [6.07, 6.45) is 3.23.